The van der Waals surface area contributed by atoms with Gasteiger partial charge < -0.3 is 4.74 Å². The van der Waals surface area contributed by atoms with Gasteiger partial charge in [0.1, 0.15) is 17.4 Å². The highest BCUT2D eigenvalue weighted by atomic mass is 32.1. The monoisotopic (exact) mass is 431 g/mol. The van der Waals surface area contributed by atoms with E-state index in [4.69, 9.17) is 4.74 Å². The summed E-state index contributed by atoms with van der Waals surface area (Å²) in [5, 5.41) is 14.5. The molecule has 1 heterocycles. The first kappa shape index (κ1) is 22.3. The third kappa shape index (κ3) is 6.03. The van der Waals surface area contributed by atoms with Crippen molar-refractivity contribution in [1.29, 1.82) is 5.26 Å². The molecule has 0 unspecified atom stereocenters. The van der Waals surface area contributed by atoms with Crippen molar-refractivity contribution >= 4 is 28.5 Å². The largest absolute Gasteiger partial charge is 0.494 e. The third-order valence-corrected chi connectivity index (χ3v) is 5.61. The van der Waals surface area contributed by atoms with Crippen LogP contribution in [0.15, 0.2) is 53.4 Å². The van der Waals surface area contributed by atoms with Gasteiger partial charge in [-0.2, -0.15) is 5.26 Å². The van der Waals surface area contributed by atoms with E-state index in [1.165, 1.54) is 22.5 Å². The number of aromatic nitrogens is 1. The molecule has 0 aliphatic carbocycles. The van der Waals surface area contributed by atoms with Gasteiger partial charge in [-0.1, -0.05) is 37.6 Å². The fraction of sp³-hybridized carbons (Fsp3) is 0.240. The summed E-state index contributed by atoms with van der Waals surface area (Å²) >= 11 is 1.33. The molecule has 158 valence electrons. The molecule has 1 N–H and O–H groups in total. The van der Waals surface area contributed by atoms with E-state index in [-0.39, 0.29) is 5.57 Å². The van der Waals surface area contributed by atoms with Crippen molar-refractivity contribution in [2.45, 2.75) is 33.6 Å². The van der Waals surface area contributed by atoms with Crippen molar-refractivity contribution in [1.82, 2.24) is 4.98 Å². The van der Waals surface area contributed by atoms with Gasteiger partial charge in [-0.05, 0) is 61.2 Å². The van der Waals surface area contributed by atoms with Crippen LogP contribution in [0.4, 0.5) is 5.13 Å². The molecule has 1 aromatic heterocycles. The Balaban J connectivity index is 1.68. The van der Waals surface area contributed by atoms with Crippen LogP contribution in [0.3, 0.4) is 0 Å². The summed E-state index contributed by atoms with van der Waals surface area (Å²) in [5.74, 6) is 0.293. The van der Waals surface area contributed by atoms with Crippen LogP contribution in [0.2, 0.25) is 0 Å². The molecular weight excluding hydrogens is 406 g/mol. The molecule has 0 aliphatic heterocycles. The van der Waals surface area contributed by atoms with Crippen molar-refractivity contribution in [2.24, 2.45) is 0 Å². The Morgan fingerprint density at radius 1 is 1.19 bits per heavy atom. The Morgan fingerprint density at radius 2 is 1.97 bits per heavy atom. The van der Waals surface area contributed by atoms with Crippen molar-refractivity contribution in [2.75, 3.05) is 11.9 Å². The lowest BCUT2D eigenvalue weighted by Crippen LogP contribution is -2.13. The molecular formula is C25H25N3O2S. The number of hydrogen-bond donors (Lipinski definition) is 1. The molecule has 0 aliphatic rings. The molecule has 1 amide bonds. The van der Waals surface area contributed by atoms with E-state index in [2.05, 4.69) is 43.2 Å². The number of nitriles is 1. The van der Waals surface area contributed by atoms with Crippen molar-refractivity contribution < 1.29 is 9.53 Å². The first-order chi connectivity index (χ1) is 15.0. The molecule has 0 atom stereocenters. The molecule has 31 heavy (non-hydrogen) atoms. The Bertz CT molecular complexity index is 1120. The van der Waals surface area contributed by atoms with Gasteiger partial charge in [0, 0.05) is 10.9 Å². The number of carbonyl (C=O) groups is 1. The topological polar surface area (TPSA) is 75.0 Å². The zero-order valence-corrected chi connectivity index (χ0v) is 18.8. The van der Waals surface area contributed by atoms with E-state index in [0.717, 1.165) is 35.4 Å². The lowest BCUT2D eigenvalue weighted by molar-refractivity contribution is -0.112. The number of rotatable bonds is 8. The summed E-state index contributed by atoms with van der Waals surface area (Å²) in [5.41, 5.74) is 4.97. The third-order valence-electron chi connectivity index (χ3n) is 4.85. The zero-order valence-electron chi connectivity index (χ0n) is 17.9. The van der Waals surface area contributed by atoms with E-state index in [0.29, 0.717) is 11.7 Å². The maximum Gasteiger partial charge on any atom is 0.268 e. The highest BCUT2D eigenvalue weighted by Gasteiger charge is 2.13. The molecule has 0 bridgehead atoms. The molecule has 3 aromatic rings. The van der Waals surface area contributed by atoms with Gasteiger partial charge in [-0.3, -0.25) is 10.1 Å². The second-order valence-electron chi connectivity index (χ2n) is 7.23. The van der Waals surface area contributed by atoms with Crippen LogP contribution in [0.1, 0.15) is 36.5 Å². The van der Waals surface area contributed by atoms with Crippen LogP contribution in [-0.4, -0.2) is 17.5 Å². The number of unbranched alkanes of at least 4 members (excludes halogenated alkanes) is 1. The molecule has 6 heteroatoms. The first-order valence-corrected chi connectivity index (χ1v) is 11.1. The number of amides is 1. The SMILES string of the molecule is CCCCOc1ccc(/C=C(\C#N)C(=O)Nc2nc(-c3ccc(C)c(C)c3)cs2)cc1. The second-order valence-corrected chi connectivity index (χ2v) is 8.09. The molecule has 0 spiro atoms. The number of anilines is 1. The Hall–Kier alpha value is -3.43. The predicted molar refractivity (Wildman–Crippen MR) is 126 cm³/mol. The number of thiazole rings is 1. The first-order valence-electron chi connectivity index (χ1n) is 10.2. The normalized spacial score (nSPS) is 11.1. The van der Waals surface area contributed by atoms with E-state index in [9.17, 15) is 10.1 Å². The number of benzene rings is 2. The van der Waals surface area contributed by atoms with Gasteiger partial charge in [0.05, 0.1) is 12.3 Å². The van der Waals surface area contributed by atoms with Gasteiger partial charge in [0.2, 0.25) is 0 Å². The summed E-state index contributed by atoms with van der Waals surface area (Å²) in [6.45, 7) is 6.91. The van der Waals surface area contributed by atoms with Crippen molar-refractivity contribution in [3.8, 4) is 23.1 Å². The highest BCUT2D eigenvalue weighted by Crippen LogP contribution is 2.27. The average molecular weight is 432 g/mol. The lowest BCUT2D eigenvalue weighted by atomic mass is 10.1. The smallest absolute Gasteiger partial charge is 0.268 e. The van der Waals surface area contributed by atoms with Crippen LogP contribution in [0.5, 0.6) is 5.75 Å². The zero-order chi connectivity index (χ0) is 22.2. The highest BCUT2D eigenvalue weighted by molar-refractivity contribution is 7.14. The van der Waals surface area contributed by atoms with Gasteiger partial charge in [0.15, 0.2) is 5.13 Å². The Labute approximate surface area is 187 Å². The number of nitrogens with one attached hydrogen (secondary N) is 1. The van der Waals surface area contributed by atoms with Crippen LogP contribution in [0, 0.1) is 25.2 Å². The van der Waals surface area contributed by atoms with E-state index < -0.39 is 5.91 Å². The quantitative estimate of drug-likeness (QED) is 0.264. The summed E-state index contributed by atoms with van der Waals surface area (Å²) in [6.07, 6.45) is 3.64. The summed E-state index contributed by atoms with van der Waals surface area (Å²) < 4.78 is 5.64. The van der Waals surface area contributed by atoms with Gasteiger partial charge >= 0.3 is 0 Å². The van der Waals surface area contributed by atoms with Gasteiger partial charge in [0.25, 0.3) is 5.91 Å². The molecule has 0 saturated carbocycles. The van der Waals surface area contributed by atoms with Crippen LogP contribution in [0.25, 0.3) is 17.3 Å². The van der Waals surface area contributed by atoms with E-state index in [1.807, 2.05) is 41.8 Å². The van der Waals surface area contributed by atoms with Crippen LogP contribution in [-0.2, 0) is 4.79 Å². The minimum absolute atomic E-state index is 0.0163. The average Bonchev–Trinajstić information content (AvgIpc) is 3.23. The van der Waals surface area contributed by atoms with Crippen molar-refractivity contribution in [3.05, 3.63) is 70.1 Å². The number of ether oxygens (including phenoxy) is 1. The summed E-state index contributed by atoms with van der Waals surface area (Å²) in [6, 6.07) is 15.4. The molecule has 3 rings (SSSR count). The molecule has 0 saturated heterocycles. The minimum Gasteiger partial charge on any atom is -0.494 e. The number of aryl methyl sites for hydroxylation is 2. The van der Waals surface area contributed by atoms with Gasteiger partial charge in [-0.15, -0.1) is 11.3 Å². The molecule has 2 aromatic carbocycles. The molecule has 5 nitrogen and oxygen atoms in total. The number of nitrogens with zero attached hydrogens (tertiary/aromatic N) is 2. The summed E-state index contributed by atoms with van der Waals surface area (Å²) in [7, 11) is 0. The standard InChI is InChI=1S/C25H25N3O2S/c1-4-5-12-30-22-10-7-19(8-11-22)14-21(15-26)24(29)28-25-27-23(16-31-25)20-9-6-17(2)18(3)13-20/h6-11,13-14,16H,4-5,12H2,1-3H3,(H,27,28,29)/b21-14+. The summed E-state index contributed by atoms with van der Waals surface area (Å²) in [4.78, 5) is 17.1. The molecule has 0 fully saturated rings. The second kappa shape index (κ2) is 10.6. The van der Waals surface area contributed by atoms with Gasteiger partial charge in [-0.25, -0.2) is 4.98 Å². The van der Waals surface area contributed by atoms with E-state index >= 15 is 0 Å². The number of hydrogen-bond acceptors (Lipinski definition) is 5. The fourth-order valence-electron chi connectivity index (χ4n) is 2.84. The molecule has 0 radical (unpaired) electrons. The fourth-order valence-corrected chi connectivity index (χ4v) is 3.55. The van der Waals surface area contributed by atoms with Crippen LogP contribution >= 0.6 is 11.3 Å². The van der Waals surface area contributed by atoms with E-state index in [1.54, 1.807) is 6.08 Å². The maximum atomic E-state index is 12.6. The Kier molecular flexibility index (Phi) is 7.58. The number of carbonyl (C=O) groups excluding carboxylic acids is 1. The lowest BCUT2D eigenvalue weighted by Gasteiger charge is -2.05. The van der Waals surface area contributed by atoms with Crippen molar-refractivity contribution in [3.63, 3.8) is 0 Å². The maximum absolute atomic E-state index is 12.6. The Morgan fingerprint density at radius 3 is 2.65 bits per heavy atom. The predicted octanol–water partition coefficient (Wildman–Crippen LogP) is 6.15. The van der Waals surface area contributed by atoms with Crippen LogP contribution < -0.4 is 10.1 Å². The minimum atomic E-state index is -0.480.